The molecule has 24 heavy (non-hydrogen) atoms. The van der Waals surface area contributed by atoms with Gasteiger partial charge in [0.1, 0.15) is 0 Å². The predicted molar refractivity (Wildman–Crippen MR) is 78.7 cm³/mol. The smallest absolute Gasteiger partial charge is 0.407 e. The van der Waals surface area contributed by atoms with Gasteiger partial charge in [-0.25, -0.2) is 4.79 Å². The summed E-state index contributed by atoms with van der Waals surface area (Å²) in [6, 6.07) is 8.47. The fourth-order valence-electron chi connectivity index (χ4n) is 2.91. The standard InChI is InChI=1S/C14H16F2N6O2/c15-13(16)22-19-12(18-20-22)11(9-4-2-1-3-5-9)10-8-17-6-7-21(10)14(23)24/h1-5,10-11,13,17H,6-8H2,(H,23,24). The van der Waals surface area contributed by atoms with Crippen LogP contribution in [-0.2, 0) is 0 Å². The molecule has 2 aromatic rings. The van der Waals surface area contributed by atoms with E-state index in [-0.39, 0.29) is 10.6 Å². The summed E-state index contributed by atoms with van der Waals surface area (Å²) in [6.45, 7) is -1.70. The minimum absolute atomic E-state index is 0.0708. The van der Waals surface area contributed by atoms with Gasteiger partial charge in [0.05, 0.1) is 12.0 Å². The van der Waals surface area contributed by atoms with E-state index in [2.05, 4.69) is 20.7 Å². The largest absolute Gasteiger partial charge is 0.465 e. The highest BCUT2D eigenvalue weighted by atomic mass is 19.3. The maximum absolute atomic E-state index is 12.8. The number of piperazine rings is 1. The summed E-state index contributed by atoms with van der Waals surface area (Å²) < 4.78 is 25.5. The highest BCUT2D eigenvalue weighted by Gasteiger charge is 2.37. The molecule has 3 rings (SSSR count). The summed E-state index contributed by atoms with van der Waals surface area (Å²) in [7, 11) is 0. The van der Waals surface area contributed by atoms with Crippen molar-refractivity contribution in [3.05, 3.63) is 41.7 Å². The second-order valence-corrected chi connectivity index (χ2v) is 5.38. The molecule has 10 heteroatoms. The molecular weight excluding hydrogens is 322 g/mol. The second-order valence-electron chi connectivity index (χ2n) is 5.38. The zero-order chi connectivity index (χ0) is 17.1. The molecule has 1 aliphatic heterocycles. The van der Waals surface area contributed by atoms with Crippen LogP contribution in [-0.4, -0.2) is 62.0 Å². The molecule has 2 atom stereocenters. The van der Waals surface area contributed by atoms with E-state index in [0.717, 1.165) is 5.56 Å². The van der Waals surface area contributed by atoms with Crippen molar-refractivity contribution >= 4 is 6.09 Å². The van der Waals surface area contributed by atoms with Gasteiger partial charge in [0.2, 0.25) is 0 Å². The number of carbonyl (C=O) groups is 1. The van der Waals surface area contributed by atoms with Crippen molar-refractivity contribution in [3.63, 3.8) is 0 Å². The maximum atomic E-state index is 12.8. The monoisotopic (exact) mass is 338 g/mol. The number of amides is 1. The van der Waals surface area contributed by atoms with Gasteiger partial charge in [0.25, 0.3) is 0 Å². The number of carboxylic acid groups (broad SMARTS) is 1. The molecule has 1 aromatic heterocycles. The molecule has 128 valence electrons. The Hall–Kier alpha value is -2.62. The van der Waals surface area contributed by atoms with Gasteiger partial charge >= 0.3 is 12.6 Å². The number of hydrogen-bond acceptors (Lipinski definition) is 5. The zero-order valence-corrected chi connectivity index (χ0v) is 12.6. The number of alkyl halides is 2. The highest BCUT2D eigenvalue weighted by molar-refractivity contribution is 5.66. The third-order valence-corrected chi connectivity index (χ3v) is 3.97. The number of rotatable bonds is 4. The molecule has 2 unspecified atom stereocenters. The molecule has 2 N–H and O–H groups in total. The first-order valence-electron chi connectivity index (χ1n) is 7.40. The Morgan fingerprint density at radius 1 is 1.33 bits per heavy atom. The van der Waals surface area contributed by atoms with Gasteiger partial charge in [0, 0.05) is 19.6 Å². The van der Waals surface area contributed by atoms with Gasteiger partial charge in [-0.1, -0.05) is 35.1 Å². The molecular formula is C14H16F2N6O2. The second kappa shape index (κ2) is 6.87. The quantitative estimate of drug-likeness (QED) is 0.868. The first kappa shape index (κ1) is 16.2. The van der Waals surface area contributed by atoms with Crippen LogP contribution in [0.5, 0.6) is 0 Å². The van der Waals surface area contributed by atoms with E-state index >= 15 is 0 Å². The van der Waals surface area contributed by atoms with Crippen LogP contribution in [0, 0.1) is 0 Å². The summed E-state index contributed by atoms with van der Waals surface area (Å²) >= 11 is 0. The van der Waals surface area contributed by atoms with Crippen LogP contribution in [0.15, 0.2) is 30.3 Å². The van der Waals surface area contributed by atoms with Gasteiger partial charge in [-0.3, -0.25) is 0 Å². The lowest BCUT2D eigenvalue weighted by Crippen LogP contribution is -2.55. The van der Waals surface area contributed by atoms with Gasteiger partial charge in [-0.2, -0.15) is 8.78 Å². The van der Waals surface area contributed by atoms with E-state index in [1.165, 1.54) is 4.90 Å². The fourth-order valence-corrected chi connectivity index (χ4v) is 2.91. The molecule has 0 spiro atoms. The van der Waals surface area contributed by atoms with Crippen molar-refractivity contribution < 1.29 is 18.7 Å². The van der Waals surface area contributed by atoms with Gasteiger partial charge in [0.15, 0.2) is 5.82 Å². The molecule has 1 saturated heterocycles. The van der Waals surface area contributed by atoms with Crippen molar-refractivity contribution in [3.8, 4) is 0 Å². The maximum Gasteiger partial charge on any atom is 0.407 e. The number of hydrogen-bond donors (Lipinski definition) is 2. The molecule has 1 fully saturated rings. The SMILES string of the molecule is O=C(O)N1CCNCC1C(c1ccccc1)c1nnn(C(F)F)n1. The Morgan fingerprint density at radius 2 is 2.08 bits per heavy atom. The summed E-state index contributed by atoms with van der Waals surface area (Å²) in [5.74, 6) is -0.524. The van der Waals surface area contributed by atoms with E-state index in [1.807, 2.05) is 6.07 Å². The third kappa shape index (κ3) is 3.18. The lowest BCUT2D eigenvalue weighted by Gasteiger charge is -2.38. The Kier molecular flexibility index (Phi) is 4.65. The van der Waals surface area contributed by atoms with E-state index in [1.54, 1.807) is 24.3 Å². The van der Waals surface area contributed by atoms with Crippen LogP contribution in [0.25, 0.3) is 0 Å². The van der Waals surface area contributed by atoms with Crippen LogP contribution < -0.4 is 5.32 Å². The fraction of sp³-hybridized carbons (Fsp3) is 0.429. The summed E-state index contributed by atoms with van der Waals surface area (Å²) in [5, 5.41) is 23.5. The number of halogens is 2. The van der Waals surface area contributed by atoms with Gasteiger partial charge < -0.3 is 15.3 Å². The van der Waals surface area contributed by atoms with E-state index in [4.69, 9.17) is 0 Å². The Balaban J connectivity index is 2.02. The molecule has 1 aliphatic rings. The van der Waals surface area contributed by atoms with E-state index < -0.39 is 24.6 Å². The third-order valence-electron chi connectivity index (χ3n) is 3.97. The normalized spacial score (nSPS) is 19.5. The minimum Gasteiger partial charge on any atom is -0.465 e. The number of tetrazole rings is 1. The summed E-state index contributed by atoms with van der Waals surface area (Å²) in [4.78, 5) is 13.1. The average Bonchev–Trinajstić information content (AvgIpc) is 3.06. The van der Waals surface area contributed by atoms with Gasteiger partial charge in [-0.15, -0.1) is 10.2 Å². The Morgan fingerprint density at radius 3 is 2.71 bits per heavy atom. The van der Waals surface area contributed by atoms with Crippen molar-refractivity contribution in [2.24, 2.45) is 0 Å². The van der Waals surface area contributed by atoms with Gasteiger partial charge in [-0.05, 0) is 10.8 Å². The first-order chi connectivity index (χ1) is 11.6. The number of nitrogens with one attached hydrogen (secondary N) is 1. The van der Waals surface area contributed by atoms with Crippen LogP contribution in [0.1, 0.15) is 23.9 Å². The average molecular weight is 338 g/mol. The molecule has 1 amide bonds. The molecule has 1 aromatic carbocycles. The van der Waals surface area contributed by atoms with Crippen LogP contribution in [0.3, 0.4) is 0 Å². The summed E-state index contributed by atoms with van der Waals surface area (Å²) in [5.41, 5.74) is 0.742. The zero-order valence-electron chi connectivity index (χ0n) is 12.6. The topological polar surface area (TPSA) is 96.2 Å². The number of nitrogens with zero attached hydrogens (tertiary/aromatic N) is 5. The lowest BCUT2D eigenvalue weighted by atomic mass is 9.88. The molecule has 8 nitrogen and oxygen atoms in total. The molecule has 0 saturated carbocycles. The van der Waals surface area contributed by atoms with Crippen LogP contribution >= 0.6 is 0 Å². The van der Waals surface area contributed by atoms with E-state index in [0.29, 0.717) is 19.6 Å². The first-order valence-corrected chi connectivity index (χ1v) is 7.40. The number of aromatic nitrogens is 4. The number of benzene rings is 1. The lowest BCUT2D eigenvalue weighted by molar-refractivity contribution is 0.0391. The van der Waals surface area contributed by atoms with E-state index in [9.17, 15) is 18.7 Å². The molecule has 0 aliphatic carbocycles. The molecule has 0 bridgehead atoms. The highest BCUT2D eigenvalue weighted by Crippen LogP contribution is 2.29. The molecule has 0 radical (unpaired) electrons. The van der Waals surface area contributed by atoms with Crippen molar-refractivity contribution in [1.29, 1.82) is 0 Å². The Labute approximate surface area is 136 Å². The Bertz CT molecular complexity index is 696. The van der Waals surface area contributed by atoms with Crippen molar-refractivity contribution in [2.75, 3.05) is 19.6 Å². The van der Waals surface area contributed by atoms with Crippen molar-refractivity contribution in [2.45, 2.75) is 18.5 Å². The van der Waals surface area contributed by atoms with Crippen LogP contribution in [0.4, 0.5) is 13.6 Å². The van der Waals surface area contributed by atoms with Crippen molar-refractivity contribution in [1.82, 2.24) is 30.4 Å². The molecule has 2 heterocycles. The van der Waals surface area contributed by atoms with Crippen LogP contribution in [0.2, 0.25) is 0 Å². The summed E-state index contributed by atoms with van der Waals surface area (Å²) in [6.07, 6.45) is -1.07. The predicted octanol–water partition coefficient (Wildman–Crippen LogP) is 1.15. The minimum atomic E-state index is -2.90.